The highest BCUT2D eigenvalue weighted by Crippen LogP contribution is 2.17. The summed E-state index contributed by atoms with van der Waals surface area (Å²) in [5, 5.41) is 5.94. The van der Waals surface area contributed by atoms with E-state index in [1.54, 1.807) is 18.3 Å². The number of anilines is 2. The molecule has 5 heteroatoms. The van der Waals surface area contributed by atoms with Gasteiger partial charge in [0.2, 0.25) is 0 Å². The molecule has 1 heterocycles. The SMILES string of the molecule is Cc1ccnc(NCCNC(=O)c2ccccc2)c1N. The van der Waals surface area contributed by atoms with Crippen LogP contribution in [0.25, 0.3) is 0 Å². The lowest BCUT2D eigenvalue weighted by Crippen LogP contribution is -2.29. The van der Waals surface area contributed by atoms with Gasteiger partial charge in [-0.05, 0) is 30.7 Å². The first-order valence-electron chi connectivity index (χ1n) is 6.46. The molecule has 0 aliphatic rings. The highest BCUT2D eigenvalue weighted by molar-refractivity contribution is 5.94. The zero-order chi connectivity index (χ0) is 14.4. The summed E-state index contributed by atoms with van der Waals surface area (Å²) in [4.78, 5) is 16.0. The van der Waals surface area contributed by atoms with Crippen molar-refractivity contribution >= 4 is 17.4 Å². The van der Waals surface area contributed by atoms with Gasteiger partial charge in [0.05, 0.1) is 5.69 Å². The zero-order valence-corrected chi connectivity index (χ0v) is 11.4. The number of amides is 1. The minimum atomic E-state index is -0.0856. The van der Waals surface area contributed by atoms with Gasteiger partial charge in [-0.15, -0.1) is 0 Å². The van der Waals surface area contributed by atoms with Gasteiger partial charge in [0, 0.05) is 24.8 Å². The Kier molecular flexibility index (Phi) is 4.55. The van der Waals surface area contributed by atoms with E-state index in [4.69, 9.17) is 5.73 Å². The molecule has 20 heavy (non-hydrogen) atoms. The normalized spacial score (nSPS) is 10.1. The van der Waals surface area contributed by atoms with E-state index >= 15 is 0 Å². The lowest BCUT2D eigenvalue weighted by Gasteiger charge is -2.10. The van der Waals surface area contributed by atoms with E-state index in [0.29, 0.717) is 30.2 Å². The van der Waals surface area contributed by atoms with Gasteiger partial charge < -0.3 is 16.4 Å². The number of nitrogens with one attached hydrogen (secondary N) is 2. The Morgan fingerprint density at radius 3 is 2.70 bits per heavy atom. The predicted molar refractivity (Wildman–Crippen MR) is 80.7 cm³/mol. The van der Waals surface area contributed by atoms with Gasteiger partial charge in [-0.3, -0.25) is 4.79 Å². The Balaban J connectivity index is 1.80. The van der Waals surface area contributed by atoms with Crippen LogP contribution in [0.15, 0.2) is 42.6 Å². The Hall–Kier alpha value is -2.56. The van der Waals surface area contributed by atoms with Crippen LogP contribution in [0.3, 0.4) is 0 Å². The van der Waals surface area contributed by atoms with E-state index in [-0.39, 0.29) is 5.91 Å². The second-order valence-corrected chi connectivity index (χ2v) is 4.44. The smallest absolute Gasteiger partial charge is 0.251 e. The average molecular weight is 270 g/mol. The number of nitrogens with zero attached hydrogens (tertiary/aromatic N) is 1. The van der Waals surface area contributed by atoms with Crippen LogP contribution in [0.5, 0.6) is 0 Å². The molecule has 4 N–H and O–H groups in total. The summed E-state index contributed by atoms with van der Waals surface area (Å²) >= 11 is 0. The van der Waals surface area contributed by atoms with Crippen LogP contribution < -0.4 is 16.4 Å². The van der Waals surface area contributed by atoms with Crippen molar-refractivity contribution in [3.05, 3.63) is 53.7 Å². The molecule has 5 nitrogen and oxygen atoms in total. The fourth-order valence-corrected chi connectivity index (χ4v) is 1.76. The van der Waals surface area contributed by atoms with Crippen molar-refractivity contribution in [2.45, 2.75) is 6.92 Å². The molecule has 0 aliphatic carbocycles. The number of nitrogens with two attached hydrogens (primary N) is 1. The number of aryl methyl sites for hydroxylation is 1. The Morgan fingerprint density at radius 1 is 1.20 bits per heavy atom. The Morgan fingerprint density at radius 2 is 1.95 bits per heavy atom. The zero-order valence-electron chi connectivity index (χ0n) is 11.4. The molecule has 0 saturated heterocycles. The minimum absolute atomic E-state index is 0.0856. The van der Waals surface area contributed by atoms with Gasteiger partial charge >= 0.3 is 0 Å². The van der Waals surface area contributed by atoms with E-state index in [1.807, 2.05) is 31.2 Å². The molecule has 0 fully saturated rings. The number of hydrogen-bond donors (Lipinski definition) is 3. The first-order chi connectivity index (χ1) is 9.68. The van der Waals surface area contributed by atoms with E-state index in [0.717, 1.165) is 5.56 Å². The van der Waals surface area contributed by atoms with Crippen LogP contribution in [-0.2, 0) is 0 Å². The number of hydrogen-bond acceptors (Lipinski definition) is 4. The Bertz CT molecular complexity index is 584. The Labute approximate surface area is 118 Å². The van der Waals surface area contributed by atoms with Crippen molar-refractivity contribution in [2.75, 3.05) is 24.1 Å². The number of rotatable bonds is 5. The maximum Gasteiger partial charge on any atom is 0.251 e. The molecule has 1 amide bonds. The summed E-state index contributed by atoms with van der Waals surface area (Å²) in [6, 6.07) is 11.0. The molecule has 2 aromatic rings. The van der Waals surface area contributed by atoms with Crippen LogP contribution in [0, 0.1) is 6.92 Å². The molecule has 1 aromatic heterocycles. The summed E-state index contributed by atoms with van der Waals surface area (Å²) in [5.74, 6) is 0.566. The second kappa shape index (κ2) is 6.56. The molecular weight excluding hydrogens is 252 g/mol. The van der Waals surface area contributed by atoms with Gasteiger partial charge in [0.1, 0.15) is 5.82 Å². The van der Waals surface area contributed by atoms with E-state index in [2.05, 4.69) is 15.6 Å². The summed E-state index contributed by atoms with van der Waals surface area (Å²) < 4.78 is 0. The molecule has 0 radical (unpaired) electrons. The lowest BCUT2D eigenvalue weighted by atomic mass is 10.2. The molecule has 0 unspecified atom stereocenters. The molecular formula is C15H18N4O. The average Bonchev–Trinajstić information content (AvgIpc) is 2.48. The van der Waals surface area contributed by atoms with Crippen molar-refractivity contribution in [1.29, 1.82) is 0 Å². The van der Waals surface area contributed by atoms with Crippen LogP contribution in [-0.4, -0.2) is 24.0 Å². The highest BCUT2D eigenvalue weighted by atomic mass is 16.1. The first kappa shape index (κ1) is 13.9. The van der Waals surface area contributed by atoms with Crippen LogP contribution in [0.1, 0.15) is 15.9 Å². The summed E-state index contributed by atoms with van der Waals surface area (Å²) in [5.41, 5.74) is 8.18. The van der Waals surface area contributed by atoms with Gasteiger partial charge in [-0.2, -0.15) is 0 Å². The molecule has 1 aromatic carbocycles. The molecule has 2 rings (SSSR count). The maximum absolute atomic E-state index is 11.8. The lowest BCUT2D eigenvalue weighted by molar-refractivity contribution is 0.0955. The second-order valence-electron chi connectivity index (χ2n) is 4.44. The van der Waals surface area contributed by atoms with E-state index in [9.17, 15) is 4.79 Å². The fraction of sp³-hybridized carbons (Fsp3) is 0.200. The maximum atomic E-state index is 11.8. The van der Waals surface area contributed by atoms with Crippen molar-refractivity contribution in [3.63, 3.8) is 0 Å². The molecule has 0 bridgehead atoms. The first-order valence-corrected chi connectivity index (χ1v) is 6.46. The van der Waals surface area contributed by atoms with Gasteiger partial charge in [0.25, 0.3) is 5.91 Å². The summed E-state index contributed by atoms with van der Waals surface area (Å²) in [7, 11) is 0. The third kappa shape index (κ3) is 3.47. The van der Waals surface area contributed by atoms with E-state index < -0.39 is 0 Å². The van der Waals surface area contributed by atoms with Crippen LogP contribution >= 0.6 is 0 Å². The molecule has 104 valence electrons. The van der Waals surface area contributed by atoms with Crippen molar-refractivity contribution in [1.82, 2.24) is 10.3 Å². The molecule has 0 aliphatic heterocycles. The number of carbonyl (C=O) groups is 1. The van der Waals surface area contributed by atoms with E-state index in [1.165, 1.54) is 0 Å². The predicted octanol–water partition coefficient (Wildman–Crippen LogP) is 1.81. The number of aromatic nitrogens is 1. The third-order valence-corrected chi connectivity index (χ3v) is 2.95. The summed E-state index contributed by atoms with van der Waals surface area (Å²) in [6.45, 7) is 3.00. The van der Waals surface area contributed by atoms with Gasteiger partial charge in [0.15, 0.2) is 0 Å². The molecule has 0 saturated carbocycles. The quantitative estimate of drug-likeness (QED) is 0.724. The fourth-order valence-electron chi connectivity index (χ4n) is 1.76. The molecule has 0 atom stereocenters. The van der Waals surface area contributed by atoms with Gasteiger partial charge in [-0.1, -0.05) is 18.2 Å². The number of pyridine rings is 1. The van der Waals surface area contributed by atoms with Crippen LogP contribution in [0.4, 0.5) is 11.5 Å². The number of benzene rings is 1. The van der Waals surface area contributed by atoms with Crippen molar-refractivity contribution in [2.24, 2.45) is 0 Å². The monoisotopic (exact) mass is 270 g/mol. The number of nitrogen functional groups attached to an aromatic ring is 1. The third-order valence-electron chi connectivity index (χ3n) is 2.95. The highest BCUT2D eigenvalue weighted by Gasteiger charge is 2.04. The molecule has 0 spiro atoms. The van der Waals surface area contributed by atoms with Gasteiger partial charge in [-0.25, -0.2) is 4.98 Å². The van der Waals surface area contributed by atoms with Crippen LogP contribution in [0.2, 0.25) is 0 Å². The largest absolute Gasteiger partial charge is 0.396 e. The number of carbonyl (C=O) groups excluding carboxylic acids is 1. The summed E-state index contributed by atoms with van der Waals surface area (Å²) in [6.07, 6.45) is 1.70. The van der Waals surface area contributed by atoms with Crippen molar-refractivity contribution in [3.8, 4) is 0 Å². The topological polar surface area (TPSA) is 80.0 Å². The minimum Gasteiger partial charge on any atom is -0.396 e. The standard InChI is InChI=1S/C15H18N4O/c1-11-7-8-17-14(13(11)16)18-9-10-19-15(20)12-5-3-2-4-6-12/h2-8H,9-10,16H2,1H3,(H,17,18)(H,19,20). The van der Waals surface area contributed by atoms with Crippen molar-refractivity contribution < 1.29 is 4.79 Å².